The lowest BCUT2D eigenvalue weighted by Crippen LogP contribution is -2.46. The molecule has 0 unspecified atom stereocenters. The summed E-state index contributed by atoms with van der Waals surface area (Å²) >= 11 is 0. The molecule has 1 aliphatic heterocycles. The summed E-state index contributed by atoms with van der Waals surface area (Å²) in [4.78, 5) is 24.5. The van der Waals surface area contributed by atoms with Gasteiger partial charge in [0.25, 0.3) is 0 Å². The first-order valence-corrected chi connectivity index (χ1v) is 12.0. The van der Waals surface area contributed by atoms with Gasteiger partial charge in [0, 0.05) is 35.5 Å². The molecule has 1 N–H and O–H groups in total. The molecule has 0 saturated carbocycles. The van der Waals surface area contributed by atoms with Crippen LogP contribution in [0.4, 0.5) is 10.2 Å². The third-order valence-electron chi connectivity index (χ3n) is 7.04. The smallest absolute Gasteiger partial charge is 0.349 e. The van der Waals surface area contributed by atoms with Gasteiger partial charge in [0.1, 0.15) is 22.7 Å². The van der Waals surface area contributed by atoms with Crippen molar-refractivity contribution in [3.05, 3.63) is 87.5 Å². The van der Waals surface area contributed by atoms with E-state index in [1.165, 1.54) is 36.9 Å². The monoisotopic (exact) mass is 507 g/mol. The summed E-state index contributed by atoms with van der Waals surface area (Å²) < 4.78 is 25.9. The number of rotatable bonds is 4. The van der Waals surface area contributed by atoms with E-state index < -0.39 is 11.4 Å². The van der Waals surface area contributed by atoms with E-state index >= 15 is 0 Å². The Labute approximate surface area is 217 Å². The van der Waals surface area contributed by atoms with Crippen LogP contribution in [-0.4, -0.2) is 35.3 Å². The molecule has 38 heavy (non-hydrogen) atoms. The molecule has 7 nitrogen and oxygen atoms in total. The Kier molecular flexibility index (Phi) is 5.50. The first-order chi connectivity index (χ1) is 18.4. The lowest BCUT2D eigenvalue weighted by molar-refractivity contribution is 0.380. The highest BCUT2D eigenvalue weighted by atomic mass is 19.1. The number of anilines is 1. The van der Waals surface area contributed by atoms with Crippen LogP contribution >= 0.6 is 0 Å². The van der Waals surface area contributed by atoms with E-state index in [1.807, 2.05) is 23.1 Å². The number of aromatic nitrogens is 2. The van der Waals surface area contributed by atoms with Crippen LogP contribution < -0.4 is 15.3 Å². The minimum absolute atomic E-state index is 0.00753. The third-order valence-corrected chi connectivity index (χ3v) is 7.04. The number of fused-ring (bicyclic) bond motifs is 2. The van der Waals surface area contributed by atoms with Crippen molar-refractivity contribution in [2.75, 3.05) is 25.1 Å². The molecular weight excluding hydrogens is 485 g/mol. The van der Waals surface area contributed by atoms with Crippen molar-refractivity contribution in [3.63, 3.8) is 0 Å². The van der Waals surface area contributed by atoms with Crippen molar-refractivity contribution < 1.29 is 18.7 Å². The number of nitrogens with zero attached hydrogens (tertiary/aromatic N) is 3. The highest BCUT2D eigenvalue weighted by Crippen LogP contribution is 2.40. The lowest BCUT2D eigenvalue weighted by atomic mass is 9.91. The summed E-state index contributed by atoms with van der Waals surface area (Å²) in [7, 11) is 1.46. The number of aromatic hydroxyl groups is 1. The fourth-order valence-corrected chi connectivity index (χ4v) is 5.13. The molecule has 0 radical (unpaired) electrons. The number of benzene rings is 3. The van der Waals surface area contributed by atoms with Gasteiger partial charge >= 0.3 is 11.6 Å². The van der Waals surface area contributed by atoms with Gasteiger partial charge in [-0.15, -0.1) is 6.42 Å². The van der Waals surface area contributed by atoms with Gasteiger partial charge < -0.3 is 19.2 Å². The molecule has 0 atom stereocenters. The maximum atomic E-state index is 14.6. The van der Waals surface area contributed by atoms with E-state index in [2.05, 4.69) is 28.0 Å². The van der Waals surface area contributed by atoms with E-state index in [0.717, 1.165) is 0 Å². The van der Waals surface area contributed by atoms with Crippen LogP contribution in [0.15, 0.2) is 63.8 Å². The predicted molar refractivity (Wildman–Crippen MR) is 143 cm³/mol. The van der Waals surface area contributed by atoms with Gasteiger partial charge in [-0.2, -0.15) is 9.97 Å². The molecule has 6 rings (SSSR count). The standard InChI is InChI=1S/C30H22FN3O4/c1-4-21-23(31)11-10-18-12-20(35)13-22(24(18)21)27-16(2)26-25(29(36)38-27)28(33-30(32-26)37-3)34-14-19(15-34)17-8-6-5-7-9-17/h1,5-13,19,35H,14-15H2,2-3H3. The number of ether oxygens (including phenoxy) is 1. The van der Waals surface area contributed by atoms with Crippen LogP contribution in [-0.2, 0) is 0 Å². The molecule has 0 aliphatic carbocycles. The zero-order valence-electron chi connectivity index (χ0n) is 20.7. The van der Waals surface area contributed by atoms with Gasteiger partial charge in [-0.3, -0.25) is 0 Å². The second kappa shape index (κ2) is 8.89. The van der Waals surface area contributed by atoms with E-state index in [-0.39, 0.29) is 34.0 Å². The number of aryl methyl sites for hydroxylation is 1. The van der Waals surface area contributed by atoms with Gasteiger partial charge in [0.15, 0.2) is 5.82 Å². The molecule has 2 aromatic heterocycles. The average Bonchev–Trinajstić information content (AvgIpc) is 2.90. The van der Waals surface area contributed by atoms with Crippen molar-refractivity contribution >= 4 is 27.5 Å². The van der Waals surface area contributed by atoms with Crippen molar-refractivity contribution in [2.45, 2.75) is 12.8 Å². The minimum Gasteiger partial charge on any atom is -0.508 e. The molecule has 1 fully saturated rings. The minimum atomic E-state index is -0.656. The quantitative estimate of drug-likeness (QED) is 0.337. The Balaban J connectivity index is 1.55. The molecule has 8 heteroatoms. The Bertz CT molecular complexity index is 1840. The normalized spacial score (nSPS) is 13.5. The summed E-state index contributed by atoms with van der Waals surface area (Å²) in [5.41, 5.74) is 1.70. The maximum Gasteiger partial charge on any atom is 0.349 e. The van der Waals surface area contributed by atoms with Gasteiger partial charge in [0.05, 0.1) is 18.2 Å². The molecule has 5 aromatic rings. The summed E-state index contributed by atoms with van der Waals surface area (Å²) in [6.07, 6.45) is 5.64. The topological polar surface area (TPSA) is 88.7 Å². The highest BCUT2D eigenvalue weighted by molar-refractivity contribution is 6.03. The van der Waals surface area contributed by atoms with Gasteiger partial charge in [-0.25, -0.2) is 9.18 Å². The number of terminal acetylenes is 1. The molecule has 3 aromatic carbocycles. The van der Waals surface area contributed by atoms with Crippen LogP contribution in [0, 0.1) is 25.1 Å². The maximum absolute atomic E-state index is 14.6. The predicted octanol–water partition coefficient (Wildman–Crippen LogP) is 5.15. The Morgan fingerprint density at radius 3 is 2.61 bits per heavy atom. The van der Waals surface area contributed by atoms with Crippen LogP contribution in [0.5, 0.6) is 11.8 Å². The molecule has 188 valence electrons. The van der Waals surface area contributed by atoms with Crippen LogP contribution in [0.2, 0.25) is 0 Å². The fraction of sp³-hybridized carbons (Fsp3) is 0.167. The lowest BCUT2D eigenvalue weighted by Gasteiger charge is -2.40. The number of hydrogen-bond acceptors (Lipinski definition) is 7. The summed E-state index contributed by atoms with van der Waals surface area (Å²) in [6, 6.07) is 15.9. The Morgan fingerprint density at radius 1 is 1.13 bits per heavy atom. The molecule has 3 heterocycles. The van der Waals surface area contributed by atoms with Crippen molar-refractivity contribution in [1.29, 1.82) is 0 Å². The zero-order chi connectivity index (χ0) is 26.6. The van der Waals surface area contributed by atoms with Crippen molar-refractivity contribution in [2.24, 2.45) is 0 Å². The fourth-order valence-electron chi connectivity index (χ4n) is 5.13. The molecular formula is C30H22FN3O4. The van der Waals surface area contributed by atoms with Gasteiger partial charge in [-0.1, -0.05) is 42.3 Å². The average molecular weight is 508 g/mol. The van der Waals surface area contributed by atoms with Crippen LogP contribution in [0.3, 0.4) is 0 Å². The number of halogens is 1. The highest BCUT2D eigenvalue weighted by Gasteiger charge is 2.33. The molecule has 0 amide bonds. The van der Waals surface area contributed by atoms with E-state index in [1.54, 1.807) is 6.92 Å². The largest absolute Gasteiger partial charge is 0.508 e. The Hall–Kier alpha value is -4.90. The molecule has 0 spiro atoms. The Morgan fingerprint density at radius 2 is 1.89 bits per heavy atom. The summed E-state index contributed by atoms with van der Waals surface area (Å²) in [5, 5.41) is 11.5. The van der Waals surface area contributed by atoms with Gasteiger partial charge in [0.2, 0.25) is 0 Å². The van der Waals surface area contributed by atoms with E-state index in [9.17, 15) is 14.3 Å². The molecule has 1 saturated heterocycles. The second-order valence-corrected chi connectivity index (χ2v) is 9.27. The van der Waals surface area contributed by atoms with E-state index in [4.69, 9.17) is 15.6 Å². The van der Waals surface area contributed by atoms with Crippen LogP contribution in [0.1, 0.15) is 22.6 Å². The third kappa shape index (κ3) is 3.63. The number of phenolic OH excluding ortho intramolecular Hbond substituents is 1. The second-order valence-electron chi connectivity index (χ2n) is 9.27. The number of phenols is 1. The summed E-state index contributed by atoms with van der Waals surface area (Å²) in [6.45, 7) is 3.08. The summed E-state index contributed by atoms with van der Waals surface area (Å²) in [5.74, 6) is 2.57. The first kappa shape index (κ1) is 23.5. The number of methoxy groups -OCH3 is 1. The van der Waals surface area contributed by atoms with Gasteiger partial charge in [-0.05, 0) is 36.1 Å². The van der Waals surface area contributed by atoms with Crippen LogP contribution in [0.25, 0.3) is 33.0 Å². The molecule has 1 aliphatic rings. The first-order valence-electron chi connectivity index (χ1n) is 12.0. The van der Waals surface area contributed by atoms with Crippen molar-refractivity contribution in [1.82, 2.24) is 9.97 Å². The SMILES string of the molecule is C#Cc1c(F)ccc2cc(O)cc(-c3oc(=O)c4c(N5CC(c6ccccc6)C5)nc(OC)nc4c3C)c12. The number of hydrogen-bond donors (Lipinski definition) is 1. The molecule has 0 bridgehead atoms. The zero-order valence-corrected chi connectivity index (χ0v) is 20.7. The van der Waals surface area contributed by atoms with E-state index in [0.29, 0.717) is 46.7 Å². The van der Waals surface area contributed by atoms with Crippen molar-refractivity contribution in [3.8, 4) is 35.4 Å².